The van der Waals surface area contributed by atoms with Crippen LogP contribution >= 0.6 is 0 Å². The average Bonchev–Trinajstić information content (AvgIpc) is 2.90. The van der Waals surface area contributed by atoms with Gasteiger partial charge in [0, 0.05) is 44.3 Å². The van der Waals surface area contributed by atoms with E-state index in [0.29, 0.717) is 12.1 Å². The van der Waals surface area contributed by atoms with Crippen molar-refractivity contribution in [1.29, 1.82) is 0 Å². The first kappa shape index (κ1) is 18.3. The molecule has 0 radical (unpaired) electrons. The molecule has 0 aromatic carbocycles. The van der Waals surface area contributed by atoms with Crippen molar-refractivity contribution >= 4 is 11.7 Å². The summed E-state index contributed by atoms with van der Waals surface area (Å²) in [7, 11) is 0. The minimum absolute atomic E-state index is 0.0855. The summed E-state index contributed by atoms with van der Waals surface area (Å²) in [5, 5.41) is 2.94. The summed E-state index contributed by atoms with van der Waals surface area (Å²) in [6, 6.07) is 9.64. The Morgan fingerprint density at radius 3 is 3.00 bits per heavy atom. The highest BCUT2D eigenvalue weighted by atomic mass is 16.5. The molecule has 0 saturated carbocycles. The van der Waals surface area contributed by atoms with Crippen LogP contribution < -0.4 is 10.2 Å². The minimum atomic E-state index is -0.0855. The van der Waals surface area contributed by atoms with Crippen molar-refractivity contribution in [3.63, 3.8) is 0 Å². The molecule has 2 aromatic heterocycles. The molecule has 26 heavy (non-hydrogen) atoms. The average molecular weight is 354 g/mol. The lowest BCUT2D eigenvalue weighted by Crippen LogP contribution is -2.31. The van der Waals surface area contributed by atoms with Crippen LogP contribution in [0, 0.1) is 0 Å². The molecule has 1 atom stereocenters. The van der Waals surface area contributed by atoms with E-state index in [9.17, 15) is 4.79 Å². The Balaban J connectivity index is 1.47. The van der Waals surface area contributed by atoms with Gasteiger partial charge in [-0.15, -0.1) is 0 Å². The predicted octanol–water partition coefficient (Wildman–Crippen LogP) is 2.45. The van der Waals surface area contributed by atoms with Gasteiger partial charge in [0.05, 0.1) is 11.7 Å². The number of amides is 1. The molecule has 0 unspecified atom stereocenters. The van der Waals surface area contributed by atoms with Crippen LogP contribution in [0.15, 0.2) is 42.7 Å². The third-order valence-electron chi connectivity index (χ3n) is 4.41. The van der Waals surface area contributed by atoms with Gasteiger partial charge in [0.1, 0.15) is 5.82 Å². The van der Waals surface area contributed by atoms with E-state index in [1.54, 1.807) is 12.4 Å². The first-order valence-corrected chi connectivity index (χ1v) is 9.23. The molecule has 6 nitrogen and oxygen atoms in total. The highest BCUT2D eigenvalue weighted by Crippen LogP contribution is 2.15. The molecule has 3 heterocycles. The third kappa shape index (κ3) is 5.26. The molecule has 6 heteroatoms. The monoisotopic (exact) mass is 354 g/mol. The van der Waals surface area contributed by atoms with E-state index < -0.39 is 0 Å². The van der Waals surface area contributed by atoms with Gasteiger partial charge in [-0.3, -0.25) is 9.78 Å². The number of carbonyl (C=O) groups excluding carboxylic acids is 1. The van der Waals surface area contributed by atoms with Gasteiger partial charge in [0.15, 0.2) is 0 Å². The highest BCUT2D eigenvalue weighted by Gasteiger charge is 2.16. The van der Waals surface area contributed by atoms with Crippen molar-refractivity contribution in [2.24, 2.45) is 0 Å². The summed E-state index contributed by atoms with van der Waals surface area (Å²) in [6.07, 6.45) is 6.34. The standard InChI is InChI=1S/C20H26N4O2/c1-16-15-24(12-5-13-26-16)19-9-8-17(14-23-19)20(25)22-11-4-7-18-6-2-3-10-21-18/h2-3,6,8-10,14,16H,4-5,7,11-13,15H2,1H3,(H,22,25)/t16-/m1/s1. The van der Waals surface area contributed by atoms with Crippen LogP contribution in [0.1, 0.15) is 35.8 Å². The fraction of sp³-hybridized carbons (Fsp3) is 0.450. The molecule has 1 fully saturated rings. The van der Waals surface area contributed by atoms with Gasteiger partial charge in [-0.2, -0.15) is 0 Å². The van der Waals surface area contributed by atoms with Crippen molar-refractivity contribution in [1.82, 2.24) is 15.3 Å². The molecule has 0 aliphatic carbocycles. The van der Waals surface area contributed by atoms with Gasteiger partial charge in [0.2, 0.25) is 0 Å². The van der Waals surface area contributed by atoms with Crippen molar-refractivity contribution < 1.29 is 9.53 Å². The number of hydrogen-bond acceptors (Lipinski definition) is 5. The molecule has 138 valence electrons. The zero-order valence-electron chi connectivity index (χ0n) is 15.2. The van der Waals surface area contributed by atoms with Gasteiger partial charge in [0.25, 0.3) is 5.91 Å². The van der Waals surface area contributed by atoms with E-state index in [0.717, 1.165) is 50.5 Å². The van der Waals surface area contributed by atoms with Crippen LogP contribution in [0.3, 0.4) is 0 Å². The van der Waals surface area contributed by atoms with Crippen molar-refractivity contribution in [3.05, 3.63) is 54.0 Å². The predicted molar refractivity (Wildman–Crippen MR) is 101 cm³/mol. The Hall–Kier alpha value is -2.47. The van der Waals surface area contributed by atoms with Crippen LogP contribution in [0.2, 0.25) is 0 Å². The van der Waals surface area contributed by atoms with Crippen LogP contribution in [-0.4, -0.2) is 48.2 Å². The quantitative estimate of drug-likeness (QED) is 0.807. The zero-order chi connectivity index (χ0) is 18.2. The number of rotatable bonds is 6. The minimum Gasteiger partial charge on any atom is -0.377 e. The van der Waals surface area contributed by atoms with Crippen LogP contribution in [0.25, 0.3) is 0 Å². The van der Waals surface area contributed by atoms with E-state index in [4.69, 9.17) is 4.74 Å². The second-order valence-corrected chi connectivity index (χ2v) is 6.57. The highest BCUT2D eigenvalue weighted by molar-refractivity contribution is 5.94. The number of pyridine rings is 2. The van der Waals surface area contributed by atoms with Crippen molar-refractivity contribution in [2.75, 3.05) is 31.1 Å². The Bertz CT molecular complexity index is 691. The van der Waals surface area contributed by atoms with Gasteiger partial charge >= 0.3 is 0 Å². The van der Waals surface area contributed by atoms with Crippen molar-refractivity contribution in [3.8, 4) is 0 Å². The molecule has 2 aromatic rings. The maximum atomic E-state index is 12.3. The van der Waals surface area contributed by atoms with Crippen LogP contribution in [0.4, 0.5) is 5.82 Å². The molecule has 1 aliphatic heterocycles. The Labute approximate surface area is 154 Å². The fourth-order valence-electron chi connectivity index (χ4n) is 3.03. The number of aryl methyl sites for hydroxylation is 1. The van der Waals surface area contributed by atoms with E-state index in [1.165, 1.54) is 0 Å². The first-order chi connectivity index (χ1) is 12.7. The van der Waals surface area contributed by atoms with Gasteiger partial charge < -0.3 is 15.0 Å². The summed E-state index contributed by atoms with van der Waals surface area (Å²) in [4.78, 5) is 23.2. The number of ether oxygens (including phenoxy) is 1. The zero-order valence-corrected chi connectivity index (χ0v) is 15.2. The number of anilines is 1. The fourth-order valence-corrected chi connectivity index (χ4v) is 3.03. The lowest BCUT2D eigenvalue weighted by molar-refractivity contribution is 0.0820. The number of carbonyl (C=O) groups is 1. The maximum absolute atomic E-state index is 12.3. The number of hydrogen-bond donors (Lipinski definition) is 1. The molecule has 0 spiro atoms. The number of aromatic nitrogens is 2. The number of nitrogens with one attached hydrogen (secondary N) is 1. The summed E-state index contributed by atoms with van der Waals surface area (Å²) >= 11 is 0. The normalized spacial score (nSPS) is 17.6. The van der Waals surface area contributed by atoms with Crippen LogP contribution in [0.5, 0.6) is 0 Å². The first-order valence-electron chi connectivity index (χ1n) is 9.23. The molecule has 0 bridgehead atoms. The van der Waals surface area contributed by atoms with Gasteiger partial charge in [-0.25, -0.2) is 4.98 Å². The molecule has 1 saturated heterocycles. The van der Waals surface area contributed by atoms with Gasteiger partial charge in [-0.05, 0) is 50.5 Å². The van der Waals surface area contributed by atoms with E-state index in [-0.39, 0.29) is 12.0 Å². The molecule has 3 rings (SSSR count). The SMILES string of the molecule is C[C@@H]1CN(c2ccc(C(=O)NCCCc3ccccn3)cn2)CCCO1. The molecule has 1 N–H and O–H groups in total. The largest absolute Gasteiger partial charge is 0.377 e. The second kappa shape index (κ2) is 9.29. The van der Waals surface area contributed by atoms with Crippen molar-refractivity contribution in [2.45, 2.75) is 32.3 Å². The Kier molecular flexibility index (Phi) is 6.55. The second-order valence-electron chi connectivity index (χ2n) is 6.57. The lowest BCUT2D eigenvalue weighted by atomic mass is 10.2. The Morgan fingerprint density at radius 1 is 1.31 bits per heavy atom. The summed E-state index contributed by atoms with van der Waals surface area (Å²) in [5.41, 5.74) is 1.63. The third-order valence-corrected chi connectivity index (χ3v) is 4.41. The maximum Gasteiger partial charge on any atom is 0.252 e. The summed E-state index contributed by atoms with van der Waals surface area (Å²) in [5.74, 6) is 0.812. The van der Waals surface area contributed by atoms with E-state index >= 15 is 0 Å². The van der Waals surface area contributed by atoms with E-state index in [1.807, 2.05) is 30.3 Å². The molecular weight excluding hydrogens is 328 g/mol. The van der Waals surface area contributed by atoms with E-state index in [2.05, 4.69) is 27.1 Å². The summed E-state index contributed by atoms with van der Waals surface area (Å²) < 4.78 is 5.67. The number of nitrogens with zero attached hydrogens (tertiary/aromatic N) is 3. The molecule has 1 amide bonds. The van der Waals surface area contributed by atoms with Gasteiger partial charge in [-0.1, -0.05) is 6.07 Å². The molecule has 1 aliphatic rings. The Morgan fingerprint density at radius 2 is 2.23 bits per heavy atom. The smallest absolute Gasteiger partial charge is 0.252 e. The lowest BCUT2D eigenvalue weighted by Gasteiger charge is -2.23. The molecular formula is C20H26N4O2. The van der Waals surface area contributed by atoms with Crippen LogP contribution in [-0.2, 0) is 11.2 Å². The topological polar surface area (TPSA) is 67.4 Å². The summed E-state index contributed by atoms with van der Waals surface area (Å²) in [6.45, 7) is 5.24.